The van der Waals surface area contributed by atoms with Crippen LogP contribution in [0.5, 0.6) is 5.75 Å². The zero-order chi connectivity index (χ0) is 23.5. The summed E-state index contributed by atoms with van der Waals surface area (Å²) in [4.78, 5) is 34.8. The number of rotatable bonds is 6. The van der Waals surface area contributed by atoms with Crippen molar-refractivity contribution in [2.24, 2.45) is 0 Å². The normalized spacial score (nSPS) is 15.1. The van der Waals surface area contributed by atoms with Crippen LogP contribution in [0, 0.1) is 5.82 Å². The summed E-state index contributed by atoms with van der Waals surface area (Å²) in [5, 5.41) is 11.3. The molecule has 0 radical (unpaired) electrons. The third-order valence-corrected chi connectivity index (χ3v) is 5.99. The molecule has 0 amide bonds. The Morgan fingerprint density at radius 3 is 2.48 bits per heavy atom. The summed E-state index contributed by atoms with van der Waals surface area (Å²) in [6.07, 6.45) is 1.54. The number of aromatic hydroxyl groups is 1. The molecule has 174 valence electrons. The highest BCUT2D eigenvalue weighted by molar-refractivity contribution is 6.04. The van der Waals surface area contributed by atoms with Crippen LogP contribution in [0.15, 0.2) is 41.3 Å². The van der Waals surface area contributed by atoms with E-state index in [1.165, 1.54) is 22.9 Å². The highest BCUT2D eigenvalue weighted by Gasteiger charge is 2.26. The maximum Gasteiger partial charge on any atom is 0.347 e. The van der Waals surface area contributed by atoms with Gasteiger partial charge in [-0.3, -0.25) is 14.3 Å². The Labute approximate surface area is 190 Å². The number of benzene rings is 1. The van der Waals surface area contributed by atoms with Gasteiger partial charge in [-0.1, -0.05) is 12.1 Å². The number of fused-ring (bicyclic) bond motifs is 1. The van der Waals surface area contributed by atoms with E-state index in [1.807, 2.05) is 0 Å². The van der Waals surface area contributed by atoms with Gasteiger partial charge in [0.25, 0.3) is 5.56 Å². The minimum Gasteiger partial charge on any atom is -0.506 e. The predicted octanol–water partition coefficient (Wildman–Crippen LogP) is 2.33. The first-order valence-corrected chi connectivity index (χ1v) is 11.0. The highest BCUT2D eigenvalue weighted by atomic mass is 19.1. The molecule has 1 N–H and O–H groups in total. The first-order valence-electron chi connectivity index (χ1n) is 11.0. The van der Waals surface area contributed by atoms with E-state index < -0.39 is 28.7 Å². The number of nitrogens with zero attached hydrogens (tertiary/aromatic N) is 4. The maximum atomic E-state index is 13.5. The van der Waals surface area contributed by atoms with Crippen molar-refractivity contribution in [3.63, 3.8) is 0 Å². The number of hydrogen-bond donors (Lipinski definition) is 1. The molecule has 0 aliphatic carbocycles. The third-order valence-electron chi connectivity index (χ3n) is 5.99. The first-order chi connectivity index (χ1) is 15.9. The van der Waals surface area contributed by atoms with Crippen molar-refractivity contribution in [2.45, 2.75) is 13.5 Å². The molecule has 1 aliphatic rings. The second-order valence-electron chi connectivity index (χ2n) is 8.11. The van der Waals surface area contributed by atoms with Crippen molar-refractivity contribution in [3.05, 3.63) is 58.3 Å². The molecule has 1 saturated heterocycles. The molecular weight excluding hydrogens is 427 g/mol. The zero-order valence-corrected chi connectivity index (χ0v) is 18.8. The summed E-state index contributed by atoms with van der Waals surface area (Å²) in [5.41, 5.74) is 0.367. The molecule has 0 atom stereocenters. The Hall–Kier alpha value is -3.30. The van der Waals surface area contributed by atoms with Gasteiger partial charge in [-0.25, -0.2) is 14.2 Å². The van der Waals surface area contributed by atoms with Gasteiger partial charge in [-0.15, -0.1) is 0 Å². The van der Waals surface area contributed by atoms with Crippen molar-refractivity contribution >= 4 is 17.0 Å². The fraction of sp³-hybridized carbons (Fsp3) is 0.375. The van der Waals surface area contributed by atoms with Crippen LogP contribution < -0.4 is 5.56 Å². The number of piperazine rings is 1. The van der Waals surface area contributed by atoms with Gasteiger partial charge in [-0.05, 0) is 43.3 Å². The van der Waals surface area contributed by atoms with E-state index in [-0.39, 0.29) is 17.6 Å². The largest absolute Gasteiger partial charge is 0.506 e. The molecule has 0 unspecified atom stereocenters. The first kappa shape index (κ1) is 22.9. The quantitative estimate of drug-likeness (QED) is 0.572. The Bertz CT molecular complexity index is 1220. The molecule has 3 aromatic rings. The number of hydrogen-bond acceptors (Lipinski definition) is 7. The van der Waals surface area contributed by atoms with Crippen LogP contribution in [0.25, 0.3) is 22.2 Å². The van der Waals surface area contributed by atoms with E-state index in [0.29, 0.717) is 24.2 Å². The lowest BCUT2D eigenvalue weighted by Gasteiger charge is -2.32. The van der Waals surface area contributed by atoms with E-state index >= 15 is 0 Å². The number of pyridine rings is 2. The molecule has 1 aliphatic heterocycles. The standard InChI is InChI=1S/C24H27FN4O4/c1-3-33-24(32)20-21(30)19-18(16-4-6-17(25)7-5-16)8-9-26-22(19)29(23(20)31)15-14-28-12-10-27(2)11-13-28/h4-9,30H,3,10-15H2,1-2H3. The summed E-state index contributed by atoms with van der Waals surface area (Å²) >= 11 is 0. The number of carbonyl (C=O) groups is 1. The Balaban J connectivity index is 1.86. The van der Waals surface area contributed by atoms with Crippen molar-refractivity contribution in [1.29, 1.82) is 0 Å². The zero-order valence-electron chi connectivity index (χ0n) is 18.8. The molecular formula is C24H27FN4O4. The maximum absolute atomic E-state index is 13.5. The average Bonchev–Trinajstić information content (AvgIpc) is 2.80. The smallest absolute Gasteiger partial charge is 0.347 e. The molecule has 3 heterocycles. The number of likely N-dealkylation sites (N-methyl/N-ethyl adjacent to an activating group) is 1. The van der Waals surface area contributed by atoms with Crippen LogP contribution in [0.1, 0.15) is 17.3 Å². The SMILES string of the molecule is CCOC(=O)c1c(O)c2c(-c3ccc(F)cc3)ccnc2n(CCN2CCN(C)CC2)c1=O. The van der Waals surface area contributed by atoms with Gasteiger partial charge in [0.1, 0.15) is 17.2 Å². The Morgan fingerprint density at radius 1 is 1.12 bits per heavy atom. The van der Waals surface area contributed by atoms with Gasteiger partial charge < -0.3 is 14.7 Å². The van der Waals surface area contributed by atoms with Crippen LogP contribution in [0.2, 0.25) is 0 Å². The van der Waals surface area contributed by atoms with Crippen molar-refractivity contribution in [1.82, 2.24) is 19.4 Å². The van der Waals surface area contributed by atoms with Crippen LogP contribution in [0.3, 0.4) is 0 Å². The lowest BCUT2D eigenvalue weighted by Crippen LogP contribution is -2.46. The van der Waals surface area contributed by atoms with Gasteiger partial charge in [0, 0.05) is 45.5 Å². The second-order valence-corrected chi connectivity index (χ2v) is 8.11. The average molecular weight is 455 g/mol. The molecule has 2 aromatic heterocycles. The van der Waals surface area contributed by atoms with Crippen LogP contribution in [-0.4, -0.2) is 76.8 Å². The van der Waals surface area contributed by atoms with E-state index in [2.05, 4.69) is 21.8 Å². The fourth-order valence-electron chi connectivity index (χ4n) is 4.12. The fourth-order valence-corrected chi connectivity index (χ4v) is 4.12. The lowest BCUT2D eigenvalue weighted by molar-refractivity contribution is 0.0520. The molecule has 1 fully saturated rings. The van der Waals surface area contributed by atoms with Gasteiger partial charge in [0.15, 0.2) is 5.56 Å². The van der Waals surface area contributed by atoms with Gasteiger partial charge >= 0.3 is 5.97 Å². The summed E-state index contributed by atoms with van der Waals surface area (Å²) in [5.74, 6) is -1.75. The van der Waals surface area contributed by atoms with Gasteiger partial charge in [0.2, 0.25) is 0 Å². The molecule has 1 aromatic carbocycles. The molecule has 0 bridgehead atoms. The minimum absolute atomic E-state index is 0.0644. The number of halogens is 1. The number of aromatic nitrogens is 2. The van der Waals surface area contributed by atoms with E-state index in [0.717, 1.165) is 26.2 Å². The van der Waals surface area contributed by atoms with Gasteiger partial charge in [0.05, 0.1) is 12.0 Å². The van der Waals surface area contributed by atoms with Crippen LogP contribution >= 0.6 is 0 Å². The monoisotopic (exact) mass is 454 g/mol. The molecule has 0 saturated carbocycles. The van der Waals surface area contributed by atoms with E-state index in [4.69, 9.17) is 4.74 Å². The summed E-state index contributed by atoms with van der Waals surface area (Å²) in [7, 11) is 2.07. The summed E-state index contributed by atoms with van der Waals surface area (Å²) in [6.45, 7) is 6.21. The number of carbonyl (C=O) groups excluding carboxylic acids is 1. The Kier molecular flexibility index (Phi) is 6.71. The Morgan fingerprint density at radius 2 is 1.82 bits per heavy atom. The highest BCUT2D eigenvalue weighted by Crippen LogP contribution is 2.35. The van der Waals surface area contributed by atoms with Gasteiger partial charge in [-0.2, -0.15) is 0 Å². The molecule has 8 nitrogen and oxygen atoms in total. The minimum atomic E-state index is -0.885. The van der Waals surface area contributed by atoms with Crippen molar-refractivity contribution in [3.8, 4) is 16.9 Å². The predicted molar refractivity (Wildman–Crippen MR) is 123 cm³/mol. The van der Waals surface area contributed by atoms with Crippen LogP contribution in [0.4, 0.5) is 4.39 Å². The van der Waals surface area contributed by atoms with Crippen molar-refractivity contribution < 1.29 is 19.0 Å². The number of esters is 1. The summed E-state index contributed by atoms with van der Waals surface area (Å²) < 4.78 is 20.0. The molecule has 4 rings (SSSR count). The summed E-state index contributed by atoms with van der Waals surface area (Å²) in [6, 6.07) is 7.45. The van der Waals surface area contributed by atoms with Crippen LogP contribution in [-0.2, 0) is 11.3 Å². The third kappa shape index (κ3) is 4.60. The number of ether oxygens (including phenoxy) is 1. The molecule has 33 heavy (non-hydrogen) atoms. The van der Waals surface area contributed by atoms with E-state index in [9.17, 15) is 19.1 Å². The van der Waals surface area contributed by atoms with Crippen molar-refractivity contribution in [2.75, 3.05) is 46.4 Å². The topological polar surface area (TPSA) is 87.9 Å². The molecule has 9 heteroatoms. The lowest BCUT2D eigenvalue weighted by atomic mass is 10.0. The molecule has 0 spiro atoms. The van der Waals surface area contributed by atoms with E-state index in [1.54, 1.807) is 25.1 Å². The second kappa shape index (κ2) is 9.68.